The molecule has 0 aliphatic carbocycles. The van der Waals surface area contributed by atoms with Gasteiger partial charge in [0.25, 0.3) is 0 Å². The van der Waals surface area contributed by atoms with Crippen LogP contribution >= 0.6 is 11.6 Å². The molecule has 1 aromatic heterocycles. The molecule has 2 heterocycles. The number of carbonyl (C=O) groups is 2. The number of carbonyl (C=O) groups excluding carboxylic acids is 2. The summed E-state index contributed by atoms with van der Waals surface area (Å²) in [7, 11) is 0. The molecular formula is C14H19ClN4O3. The second-order valence-electron chi connectivity index (χ2n) is 5.05. The van der Waals surface area contributed by atoms with Gasteiger partial charge in [-0.25, -0.2) is 14.8 Å². The van der Waals surface area contributed by atoms with Crippen molar-refractivity contribution in [3.05, 3.63) is 17.0 Å². The number of halogens is 1. The van der Waals surface area contributed by atoms with Crippen LogP contribution in [0.25, 0.3) is 0 Å². The van der Waals surface area contributed by atoms with Crippen LogP contribution in [0.2, 0.25) is 5.28 Å². The fourth-order valence-corrected chi connectivity index (χ4v) is 2.53. The Hall–Kier alpha value is -1.89. The van der Waals surface area contributed by atoms with Gasteiger partial charge < -0.3 is 15.0 Å². The van der Waals surface area contributed by atoms with Crippen molar-refractivity contribution in [3.63, 3.8) is 0 Å². The van der Waals surface area contributed by atoms with Gasteiger partial charge in [-0.05, 0) is 31.4 Å². The van der Waals surface area contributed by atoms with Gasteiger partial charge in [0.15, 0.2) is 5.69 Å². The van der Waals surface area contributed by atoms with Gasteiger partial charge in [0.2, 0.25) is 11.2 Å². The Kier molecular flexibility index (Phi) is 5.54. The zero-order valence-corrected chi connectivity index (χ0v) is 13.4. The highest BCUT2D eigenvalue weighted by molar-refractivity contribution is 6.28. The number of likely N-dealkylation sites (tertiary alicyclic amines) is 1. The van der Waals surface area contributed by atoms with Crippen molar-refractivity contribution < 1.29 is 14.3 Å². The first kappa shape index (κ1) is 16.5. The zero-order chi connectivity index (χ0) is 16.1. The van der Waals surface area contributed by atoms with E-state index in [0.29, 0.717) is 18.9 Å². The van der Waals surface area contributed by atoms with Crippen LogP contribution in [0.4, 0.5) is 5.82 Å². The molecule has 8 heteroatoms. The molecule has 1 aliphatic heterocycles. The van der Waals surface area contributed by atoms with E-state index < -0.39 is 5.97 Å². The lowest BCUT2D eigenvalue weighted by atomic mass is 10.1. The van der Waals surface area contributed by atoms with Crippen LogP contribution < -0.4 is 5.32 Å². The molecule has 0 radical (unpaired) electrons. The SMILES string of the molecule is CCOC(=O)c1cc(NC2CCN(C(C)=O)CC2)nc(Cl)n1. The number of nitrogens with one attached hydrogen (secondary N) is 1. The molecule has 0 unspecified atom stereocenters. The molecule has 0 spiro atoms. The summed E-state index contributed by atoms with van der Waals surface area (Å²) in [5.41, 5.74) is 0.130. The molecular weight excluding hydrogens is 308 g/mol. The van der Waals surface area contributed by atoms with Crippen molar-refractivity contribution in [2.75, 3.05) is 25.0 Å². The molecule has 0 bridgehead atoms. The number of aromatic nitrogens is 2. The first-order chi connectivity index (χ1) is 10.5. The smallest absolute Gasteiger partial charge is 0.357 e. The molecule has 0 aromatic carbocycles. The van der Waals surface area contributed by atoms with Gasteiger partial charge >= 0.3 is 5.97 Å². The molecule has 2 rings (SSSR count). The van der Waals surface area contributed by atoms with Crippen molar-refractivity contribution in [3.8, 4) is 0 Å². The Morgan fingerprint density at radius 3 is 2.68 bits per heavy atom. The van der Waals surface area contributed by atoms with Crippen LogP contribution in [0, 0.1) is 0 Å². The van der Waals surface area contributed by atoms with E-state index in [1.54, 1.807) is 13.8 Å². The quantitative estimate of drug-likeness (QED) is 0.670. The van der Waals surface area contributed by atoms with E-state index in [-0.39, 0.29) is 29.5 Å². The van der Waals surface area contributed by atoms with Crippen LogP contribution in [0.3, 0.4) is 0 Å². The maximum Gasteiger partial charge on any atom is 0.357 e. The zero-order valence-electron chi connectivity index (χ0n) is 12.6. The van der Waals surface area contributed by atoms with Gasteiger partial charge in [0, 0.05) is 32.1 Å². The third-order valence-electron chi connectivity index (χ3n) is 3.48. The lowest BCUT2D eigenvalue weighted by Gasteiger charge is -2.31. The average molecular weight is 327 g/mol. The van der Waals surface area contributed by atoms with Crippen molar-refractivity contribution in [1.29, 1.82) is 0 Å². The topological polar surface area (TPSA) is 84.4 Å². The molecule has 1 aromatic rings. The minimum absolute atomic E-state index is 0.00535. The summed E-state index contributed by atoms with van der Waals surface area (Å²) in [5.74, 6) is 0.0544. The van der Waals surface area contributed by atoms with E-state index >= 15 is 0 Å². The minimum Gasteiger partial charge on any atom is -0.461 e. The number of esters is 1. The Morgan fingerprint density at radius 1 is 1.41 bits per heavy atom. The molecule has 1 fully saturated rings. The van der Waals surface area contributed by atoms with E-state index in [2.05, 4.69) is 15.3 Å². The summed E-state index contributed by atoms with van der Waals surface area (Å²) in [6.07, 6.45) is 1.63. The maximum atomic E-state index is 11.7. The van der Waals surface area contributed by atoms with Gasteiger partial charge in [-0.3, -0.25) is 4.79 Å². The Bertz CT molecular complexity index is 559. The maximum absolute atomic E-state index is 11.7. The lowest BCUT2D eigenvalue weighted by Crippen LogP contribution is -2.41. The van der Waals surface area contributed by atoms with Crippen LogP contribution in [-0.4, -0.2) is 52.5 Å². The average Bonchev–Trinajstić information content (AvgIpc) is 2.47. The number of hydrogen-bond acceptors (Lipinski definition) is 6. The second-order valence-corrected chi connectivity index (χ2v) is 5.39. The normalized spacial score (nSPS) is 15.5. The fraction of sp³-hybridized carbons (Fsp3) is 0.571. The van der Waals surface area contributed by atoms with Crippen LogP contribution in [0.15, 0.2) is 6.07 Å². The number of rotatable bonds is 4. The fourth-order valence-electron chi connectivity index (χ4n) is 2.35. The van der Waals surface area contributed by atoms with E-state index in [1.165, 1.54) is 6.07 Å². The summed E-state index contributed by atoms with van der Waals surface area (Å²) in [5, 5.41) is 3.23. The molecule has 7 nitrogen and oxygen atoms in total. The first-order valence-electron chi connectivity index (χ1n) is 7.23. The predicted octanol–water partition coefficient (Wildman–Crippen LogP) is 1.73. The highest BCUT2D eigenvalue weighted by Gasteiger charge is 2.21. The monoisotopic (exact) mass is 326 g/mol. The highest BCUT2D eigenvalue weighted by atomic mass is 35.5. The van der Waals surface area contributed by atoms with Crippen LogP contribution in [0.5, 0.6) is 0 Å². The molecule has 1 N–H and O–H groups in total. The third-order valence-corrected chi connectivity index (χ3v) is 3.64. The van der Waals surface area contributed by atoms with Gasteiger partial charge in [-0.2, -0.15) is 0 Å². The number of ether oxygens (including phenoxy) is 1. The van der Waals surface area contributed by atoms with E-state index in [1.807, 2.05) is 4.90 Å². The highest BCUT2D eigenvalue weighted by Crippen LogP contribution is 2.17. The van der Waals surface area contributed by atoms with Gasteiger partial charge in [-0.1, -0.05) is 0 Å². The van der Waals surface area contributed by atoms with Crippen LogP contribution in [0.1, 0.15) is 37.2 Å². The van der Waals surface area contributed by atoms with Crippen molar-refractivity contribution in [1.82, 2.24) is 14.9 Å². The number of amides is 1. The van der Waals surface area contributed by atoms with Crippen LogP contribution in [-0.2, 0) is 9.53 Å². The summed E-state index contributed by atoms with van der Waals surface area (Å²) in [6, 6.07) is 1.71. The molecule has 1 saturated heterocycles. The van der Waals surface area contributed by atoms with E-state index in [0.717, 1.165) is 12.8 Å². The molecule has 1 amide bonds. The number of hydrogen-bond donors (Lipinski definition) is 1. The molecule has 0 saturated carbocycles. The summed E-state index contributed by atoms with van der Waals surface area (Å²) < 4.78 is 4.91. The first-order valence-corrected chi connectivity index (χ1v) is 7.61. The standard InChI is InChI=1S/C14H19ClN4O3/c1-3-22-13(21)11-8-12(18-14(15)17-11)16-10-4-6-19(7-5-10)9(2)20/h8,10H,3-7H2,1-2H3,(H,16,17,18). The molecule has 1 aliphatic rings. The largest absolute Gasteiger partial charge is 0.461 e. The summed E-state index contributed by atoms with van der Waals surface area (Å²) >= 11 is 5.85. The predicted molar refractivity (Wildman–Crippen MR) is 81.9 cm³/mol. The number of nitrogens with zero attached hydrogens (tertiary/aromatic N) is 3. The lowest BCUT2D eigenvalue weighted by molar-refractivity contribution is -0.129. The Morgan fingerprint density at radius 2 is 2.09 bits per heavy atom. The number of piperidine rings is 1. The van der Waals surface area contributed by atoms with Crippen molar-refractivity contribution in [2.45, 2.75) is 32.7 Å². The summed E-state index contributed by atoms with van der Waals surface area (Å²) in [6.45, 7) is 4.98. The van der Waals surface area contributed by atoms with Crippen molar-refractivity contribution >= 4 is 29.3 Å². The van der Waals surface area contributed by atoms with Gasteiger partial charge in [-0.15, -0.1) is 0 Å². The second kappa shape index (κ2) is 7.40. The minimum atomic E-state index is -0.527. The molecule has 0 atom stereocenters. The van der Waals surface area contributed by atoms with E-state index in [9.17, 15) is 9.59 Å². The van der Waals surface area contributed by atoms with E-state index in [4.69, 9.17) is 16.3 Å². The Labute approximate surface area is 134 Å². The Balaban J connectivity index is 2.01. The van der Waals surface area contributed by atoms with Gasteiger partial charge in [0.1, 0.15) is 5.82 Å². The third kappa shape index (κ3) is 4.30. The number of anilines is 1. The summed E-state index contributed by atoms with van der Waals surface area (Å²) in [4.78, 5) is 32.8. The molecule has 22 heavy (non-hydrogen) atoms. The molecule has 120 valence electrons. The van der Waals surface area contributed by atoms with Crippen molar-refractivity contribution in [2.24, 2.45) is 0 Å². The van der Waals surface area contributed by atoms with Gasteiger partial charge in [0.05, 0.1) is 6.61 Å².